The summed E-state index contributed by atoms with van der Waals surface area (Å²) in [5.74, 6) is 1.34. The minimum absolute atomic E-state index is 0.0214. The molecule has 68 heavy (non-hydrogen) atoms. The summed E-state index contributed by atoms with van der Waals surface area (Å²) in [6.07, 6.45) is 9.97. The van der Waals surface area contributed by atoms with Crippen molar-refractivity contribution in [2.45, 2.75) is 121 Å². The first-order valence-corrected chi connectivity index (χ1v) is 26.0. The summed E-state index contributed by atoms with van der Waals surface area (Å²) in [5.41, 5.74) is 5.09. The number of hydrogen-bond acceptors (Lipinski definition) is 11. The van der Waals surface area contributed by atoms with Gasteiger partial charge in [-0.15, -0.1) is 11.3 Å². The van der Waals surface area contributed by atoms with E-state index in [0.29, 0.717) is 22.5 Å². The van der Waals surface area contributed by atoms with Crippen molar-refractivity contribution in [3.8, 4) is 5.19 Å². The number of nitrogens with one attached hydrogen (secondary N) is 2. The third-order valence-corrected chi connectivity index (χ3v) is 16.5. The van der Waals surface area contributed by atoms with Crippen molar-refractivity contribution in [3.05, 3.63) is 110 Å². The summed E-state index contributed by atoms with van der Waals surface area (Å²) in [6.45, 7) is 6.65. The van der Waals surface area contributed by atoms with Gasteiger partial charge in [-0.05, 0) is 145 Å². The molecule has 360 valence electrons. The minimum Gasteiger partial charge on any atom is -0.457 e. The Morgan fingerprint density at radius 2 is 1.19 bits per heavy atom. The van der Waals surface area contributed by atoms with Gasteiger partial charge in [0.25, 0.3) is 17.0 Å². The highest BCUT2D eigenvalue weighted by molar-refractivity contribution is 7.15. The molecule has 0 radical (unpaired) electrons. The SMILES string of the molecule is CC(Oc1nc2c(s1)CCN(CCC1CCC(NC(=O)c3cccc4ncccc34)CC1)C2)C(F)(F)F.O=C(NC1CCC(CCN2CCc3sc(Cl)nc3C2)CC1)c1cccc2ncccc12. The van der Waals surface area contributed by atoms with E-state index in [4.69, 9.17) is 16.3 Å². The number of hydrogen-bond donors (Lipinski definition) is 2. The third kappa shape index (κ3) is 12.2. The Morgan fingerprint density at radius 3 is 1.69 bits per heavy atom. The maximum atomic E-state index is 12.9. The number of benzene rings is 2. The maximum absolute atomic E-state index is 12.9. The van der Waals surface area contributed by atoms with E-state index in [-0.39, 0.29) is 29.1 Å². The molecular weight excluding hydrogens is 929 g/mol. The Morgan fingerprint density at radius 1 is 0.706 bits per heavy atom. The van der Waals surface area contributed by atoms with Crippen molar-refractivity contribution in [3.63, 3.8) is 0 Å². The second-order valence-corrected chi connectivity index (χ2v) is 21.5. The van der Waals surface area contributed by atoms with Crippen LogP contribution in [-0.2, 0) is 25.9 Å². The van der Waals surface area contributed by atoms with Crippen molar-refractivity contribution in [2.75, 3.05) is 26.2 Å². The molecule has 4 aromatic heterocycles. The molecule has 10 rings (SSSR count). The molecule has 2 aromatic carbocycles. The van der Waals surface area contributed by atoms with E-state index >= 15 is 0 Å². The predicted octanol–water partition coefficient (Wildman–Crippen LogP) is 10.8. The van der Waals surface area contributed by atoms with Crippen LogP contribution >= 0.6 is 34.3 Å². The first-order chi connectivity index (χ1) is 32.9. The monoisotopic (exact) mass is 986 g/mol. The van der Waals surface area contributed by atoms with E-state index in [1.165, 1.54) is 41.2 Å². The van der Waals surface area contributed by atoms with Gasteiger partial charge in [-0.2, -0.15) is 13.2 Å². The number of pyridine rings is 2. The maximum Gasteiger partial charge on any atom is 0.425 e. The molecule has 2 aliphatic heterocycles. The molecule has 11 nitrogen and oxygen atoms in total. The van der Waals surface area contributed by atoms with Crippen molar-refractivity contribution >= 4 is 67.9 Å². The summed E-state index contributed by atoms with van der Waals surface area (Å²) in [7, 11) is 0. The Labute approximate surface area is 408 Å². The van der Waals surface area contributed by atoms with Crippen molar-refractivity contribution < 1.29 is 27.5 Å². The Hall–Kier alpha value is -4.74. The van der Waals surface area contributed by atoms with E-state index in [2.05, 4.69) is 40.4 Å². The van der Waals surface area contributed by atoms with Crippen LogP contribution in [0.4, 0.5) is 13.2 Å². The Bertz CT molecular complexity index is 2670. The van der Waals surface area contributed by atoms with Gasteiger partial charge < -0.3 is 15.4 Å². The number of halogens is 4. The molecule has 1 atom stereocenters. The van der Waals surface area contributed by atoms with Crippen LogP contribution in [0.25, 0.3) is 21.8 Å². The van der Waals surface area contributed by atoms with Crippen molar-refractivity contribution in [2.24, 2.45) is 11.8 Å². The lowest BCUT2D eigenvalue weighted by atomic mass is 9.84. The predicted molar refractivity (Wildman–Crippen MR) is 262 cm³/mol. The van der Waals surface area contributed by atoms with Crippen LogP contribution in [0.5, 0.6) is 5.19 Å². The van der Waals surface area contributed by atoms with Gasteiger partial charge in [-0.25, -0.2) is 9.97 Å². The van der Waals surface area contributed by atoms with Gasteiger partial charge in [-0.3, -0.25) is 29.4 Å². The molecule has 4 aliphatic rings. The average Bonchev–Trinajstić information content (AvgIpc) is 3.94. The van der Waals surface area contributed by atoms with Gasteiger partial charge in [0.05, 0.1) is 22.4 Å². The average molecular weight is 988 g/mol. The summed E-state index contributed by atoms with van der Waals surface area (Å²) in [5, 5.41) is 8.39. The number of aromatic nitrogens is 4. The zero-order valence-electron chi connectivity index (χ0n) is 38.3. The number of nitrogens with zero attached hydrogens (tertiary/aromatic N) is 6. The van der Waals surface area contributed by atoms with E-state index < -0.39 is 12.3 Å². The van der Waals surface area contributed by atoms with Gasteiger partial charge in [0.1, 0.15) is 0 Å². The molecule has 1 unspecified atom stereocenters. The minimum atomic E-state index is -4.40. The lowest BCUT2D eigenvalue weighted by Gasteiger charge is -2.32. The first kappa shape index (κ1) is 48.3. The summed E-state index contributed by atoms with van der Waals surface area (Å²) < 4.78 is 44.1. The van der Waals surface area contributed by atoms with E-state index in [0.717, 1.165) is 141 Å². The fourth-order valence-electron chi connectivity index (χ4n) is 10.2. The number of fused-ring (bicyclic) bond motifs is 4. The van der Waals surface area contributed by atoms with Gasteiger partial charge in [0, 0.05) is 82.3 Å². The molecular formula is C51H58ClF3N8O3S2. The number of carbonyl (C=O) groups excluding carboxylic acids is 2. The molecule has 0 saturated heterocycles. The second-order valence-electron chi connectivity index (χ2n) is 18.8. The molecule has 0 bridgehead atoms. The molecule has 2 N–H and O–H groups in total. The lowest BCUT2D eigenvalue weighted by molar-refractivity contribution is -0.189. The molecule has 2 aliphatic carbocycles. The number of ether oxygens (including phenoxy) is 1. The van der Waals surface area contributed by atoms with Crippen LogP contribution in [0.2, 0.25) is 4.47 Å². The number of carbonyl (C=O) groups is 2. The Balaban J connectivity index is 0.000000172. The summed E-state index contributed by atoms with van der Waals surface area (Å²) in [6, 6.07) is 19.5. The molecule has 2 fully saturated rings. The first-order valence-electron chi connectivity index (χ1n) is 24.0. The standard InChI is InChI=1S/C27H31F3N4O2S.C24H27ClN4OS/c1-17(27(28,29)30)36-26-33-23-16-34(15-12-24(23)37-26)14-11-18-7-9-19(10-8-18)32-25(35)21-4-2-6-22-20(21)5-3-13-31-22;25-24-28-21-15-29(14-11-22(21)31-24)13-10-16-6-8-17(9-7-16)27-23(30)19-3-1-5-20-18(19)4-2-12-26-20/h2-6,13,17-19H,7-12,14-16H2,1H3,(H,32,35);1-5,12,16-17H,6-11,13-15H2,(H,27,30). The molecule has 6 aromatic rings. The Kier molecular flexibility index (Phi) is 15.6. The van der Waals surface area contributed by atoms with E-state index in [9.17, 15) is 22.8 Å². The number of alkyl halides is 3. The zero-order chi connectivity index (χ0) is 47.2. The number of rotatable bonds is 12. The van der Waals surface area contributed by atoms with Crippen LogP contribution < -0.4 is 15.4 Å². The van der Waals surface area contributed by atoms with Crippen LogP contribution in [0.1, 0.15) is 113 Å². The molecule has 2 amide bonds. The summed E-state index contributed by atoms with van der Waals surface area (Å²) >= 11 is 8.94. The third-order valence-electron chi connectivity index (χ3n) is 14.2. The largest absolute Gasteiger partial charge is 0.457 e. The second kappa shape index (κ2) is 21.9. The van der Waals surface area contributed by atoms with Gasteiger partial charge >= 0.3 is 6.18 Å². The van der Waals surface area contributed by atoms with Crippen LogP contribution in [-0.4, -0.2) is 92.1 Å². The highest BCUT2D eigenvalue weighted by Crippen LogP contribution is 2.35. The fourth-order valence-corrected chi connectivity index (χ4v) is 12.3. The van der Waals surface area contributed by atoms with Gasteiger partial charge in [0.15, 0.2) is 10.6 Å². The highest BCUT2D eigenvalue weighted by Gasteiger charge is 2.39. The normalized spacial score (nSPS) is 21.5. The van der Waals surface area contributed by atoms with Gasteiger partial charge in [-0.1, -0.05) is 47.2 Å². The smallest absolute Gasteiger partial charge is 0.425 e. The molecule has 0 spiro atoms. The van der Waals surface area contributed by atoms with Gasteiger partial charge in [0.2, 0.25) is 0 Å². The quantitative estimate of drug-likeness (QED) is 0.123. The van der Waals surface area contributed by atoms with Crippen LogP contribution in [0, 0.1) is 11.8 Å². The summed E-state index contributed by atoms with van der Waals surface area (Å²) in [4.78, 5) is 50.6. The topological polar surface area (TPSA) is 125 Å². The van der Waals surface area contributed by atoms with Crippen LogP contribution in [0.15, 0.2) is 73.1 Å². The number of thiazole rings is 2. The zero-order valence-corrected chi connectivity index (χ0v) is 40.7. The molecule has 6 heterocycles. The molecule has 2 saturated carbocycles. The fraction of sp³-hybridized carbons (Fsp3) is 0.490. The number of amides is 2. The molecule has 17 heteroatoms. The lowest BCUT2D eigenvalue weighted by Crippen LogP contribution is -2.38. The highest BCUT2D eigenvalue weighted by atomic mass is 35.5. The van der Waals surface area contributed by atoms with E-state index in [1.807, 2.05) is 60.7 Å². The van der Waals surface area contributed by atoms with E-state index in [1.54, 1.807) is 23.7 Å². The van der Waals surface area contributed by atoms with Crippen LogP contribution in [0.3, 0.4) is 0 Å². The van der Waals surface area contributed by atoms with Crippen molar-refractivity contribution in [1.82, 2.24) is 40.4 Å². The van der Waals surface area contributed by atoms with Crippen molar-refractivity contribution in [1.29, 1.82) is 0 Å².